The zero-order valence-corrected chi connectivity index (χ0v) is 15.3. The van der Waals surface area contributed by atoms with E-state index in [0.29, 0.717) is 24.7 Å². The summed E-state index contributed by atoms with van der Waals surface area (Å²) in [6.07, 6.45) is 1.61. The van der Waals surface area contributed by atoms with Crippen LogP contribution < -0.4 is 20.1 Å². The molecule has 0 bridgehead atoms. The summed E-state index contributed by atoms with van der Waals surface area (Å²) < 4.78 is 23.6. The van der Waals surface area contributed by atoms with Crippen LogP contribution in [0.25, 0.3) is 0 Å². The van der Waals surface area contributed by atoms with E-state index in [1.807, 2.05) is 24.3 Å². The highest BCUT2D eigenvalue weighted by Crippen LogP contribution is 2.19. The molecular formula is C21H20FN3O3. The van der Waals surface area contributed by atoms with Crippen LogP contribution in [0.4, 0.5) is 9.18 Å². The number of carbonyl (C=O) groups excluding carboxylic acids is 1. The van der Waals surface area contributed by atoms with Crippen LogP contribution in [0.2, 0.25) is 0 Å². The molecule has 28 heavy (non-hydrogen) atoms. The van der Waals surface area contributed by atoms with E-state index in [4.69, 9.17) is 9.47 Å². The molecule has 0 aliphatic carbocycles. The van der Waals surface area contributed by atoms with Gasteiger partial charge in [-0.05, 0) is 47.5 Å². The molecule has 3 aromatic rings. The fourth-order valence-corrected chi connectivity index (χ4v) is 2.41. The maximum atomic E-state index is 12.9. The van der Waals surface area contributed by atoms with Crippen LogP contribution in [0.3, 0.4) is 0 Å². The van der Waals surface area contributed by atoms with Crippen molar-refractivity contribution in [2.24, 2.45) is 0 Å². The van der Waals surface area contributed by atoms with Gasteiger partial charge in [0.25, 0.3) is 0 Å². The predicted molar refractivity (Wildman–Crippen MR) is 103 cm³/mol. The number of pyridine rings is 1. The molecule has 0 saturated heterocycles. The van der Waals surface area contributed by atoms with Crippen molar-refractivity contribution in [2.75, 3.05) is 7.11 Å². The summed E-state index contributed by atoms with van der Waals surface area (Å²) >= 11 is 0. The standard InChI is InChI=1S/C21H20FN3O3/c1-27-19-4-2-3-15(11-19)12-24-21(26)25-14-16-5-10-20(23-13-16)28-18-8-6-17(22)7-9-18/h2-11,13H,12,14H2,1H3,(H2,24,25,26). The number of aromatic nitrogens is 1. The van der Waals surface area contributed by atoms with Crippen molar-refractivity contribution >= 4 is 6.03 Å². The largest absolute Gasteiger partial charge is 0.497 e. The van der Waals surface area contributed by atoms with E-state index < -0.39 is 0 Å². The van der Waals surface area contributed by atoms with E-state index in [2.05, 4.69) is 15.6 Å². The molecule has 2 amide bonds. The SMILES string of the molecule is COc1cccc(CNC(=O)NCc2ccc(Oc3ccc(F)cc3)nc2)c1. The molecule has 3 rings (SSSR count). The average molecular weight is 381 g/mol. The number of hydrogen-bond acceptors (Lipinski definition) is 4. The molecule has 0 saturated carbocycles. The molecule has 144 valence electrons. The Labute approximate surface area is 162 Å². The smallest absolute Gasteiger partial charge is 0.315 e. The lowest BCUT2D eigenvalue weighted by atomic mass is 10.2. The molecule has 0 atom stereocenters. The van der Waals surface area contributed by atoms with Crippen LogP contribution in [-0.4, -0.2) is 18.1 Å². The first-order valence-electron chi connectivity index (χ1n) is 8.65. The van der Waals surface area contributed by atoms with Crippen LogP contribution in [0.5, 0.6) is 17.4 Å². The summed E-state index contributed by atoms with van der Waals surface area (Å²) in [5.74, 6) is 1.30. The lowest BCUT2D eigenvalue weighted by Gasteiger charge is -2.09. The minimum Gasteiger partial charge on any atom is -0.497 e. The van der Waals surface area contributed by atoms with Gasteiger partial charge in [0.05, 0.1) is 7.11 Å². The Morgan fingerprint density at radius 3 is 2.39 bits per heavy atom. The molecule has 2 aromatic carbocycles. The van der Waals surface area contributed by atoms with Crippen molar-refractivity contribution < 1.29 is 18.7 Å². The molecule has 0 aliphatic heterocycles. The third-order valence-corrected chi connectivity index (χ3v) is 3.87. The number of halogens is 1. The van der Waals surface area contributed by atoms with Crippen LogP contribution in [-0.2, 0) is 13.1 Å². The summed E-state index contributed by atoms with van der Waals surface area (Å²) in [6.45, 7) is 0.722. The first-order chi connectivity index (χ1) is 13.6. The van der Waals surface area contributed by atoms with Gasteiger partial charge in [0.1, 0.15) is 17.3 Å². The van der Waals surface area contributed by atoms with E-state index in [1.54, 1.807) is 25.4 Å². The van der Waals surface area contributed by atoms with E-state index in [0.717, 1.165) is 16.9 Å². The van der Waals surface area contributed by atoms with E-state index in [-0.39, 0.29) is 11.8 Å². The minimum atomic E-state index is -0.327. The quantitative estimate of drug-likeness (QED) is 0.648. The maximum Gasteiger partial charge on any atom is 0.315 e. The number of hydrogen-bond donors (Lipinski definition) is 2. The van der Waals surface area contributed by atoms with Gasteiger partial charge in [0, 0.05) is 25.4 Å². The molecule has 0 spiro atoms. The van der Waals surface area contributed by atoms with Gasteiger partial charge < -0.3 is 20.1 Å². The lowest BCUT2D eigenvalue weighted by molar-refractivity contribution is 0.240. The molecule has 0 unspecified atom stereocenters. The van der Waals surface area contributed by atoms with Crippen molar-refractivity contribution in [1.82, 2.24) is 15.6 Å². The van der Waals surface area contributed by atoms with Gasteiger partial charge in [-0.25, -0.2) is 14.2 Å². The Kier molecular flexibility index (Phi) is 6.41. The second-order valence-electron chi connectivity index (χ2n) is 5.95. The molecule has 6 nitrogen and oxygen atoms in total. The van der Waals surface area contributed by atoms with E-state index in [9.17, 15) is 9.18 Å². The normalized spacial score (nSPS) is 10.2. The Hall–Kier alpha value is -3.61. The maximum absolute atomic E-state index is 12.9. The average Bonchev–Trinajstić information content (AvgIpc) is 2.73. The van der Waals surface area contributed by atoms with Gasteiger partial charge in [0.2, 0.25) is 5.88 Å². The Balaban J connectivity index is 1.44. The zero-order valence-electron chi connectivity index (χ0n) is 15.3. The molecular weight excluding hydrogens is 361 g/mol. The number of amides is 2. The monoisotopic (exact) mass is 381 g/mol. The van der Waals surface area contributed by atoms with Crippen molar-refractivity contribution in [1.29, 1.82) is 0 Å². The molecule has 7 heteroatoms. The highest BCUT2D eigenvalue weighted by atomic mass is 19.1. The molecule has 0 radical (unpaired) electrons. The van der Waals surface area contributed by atoms with Crippen molar-refractivity contribution in [3.05, 3.63) is 83.8 Å². The summed E-state index contributed by atoms with van der Waals surface area (Å²) in [4.78, 5) is 16.1. The van der Waals surface area contributed by atoms with Crippen LogP contribution >= 0.6 is 0 Å². The van der Waals surface area contributed by atoms with E-state index >= 15 is 0 Å². The van der Waals surface area contributed by atoms with Gasteiger partial charge in [-0.15, -0.1) is 0 Å². The predicted octanol–water partition coefficient (Wildman–Crippen LogP) is 4.02. The van der Waals surface area contributed by atoms with Gasteiger partial charge >= 0.3 is 6.03 Å². The number of ether oxygens (including phenoxy) is 2. The number of benzene rings is 2. The highest BCUT2D eigenvalue weighted by Gasteiger charge is 2.04. The van der Waals surface area contributed by atoms with Gasteiger partial charge in [-0.1, -0.05) is 18.2 Å². The van der Waals surface area contributed by atoms with E-state index in [1.165, 1.54) is 24.3 Å². The Morgan fingerprint density at radius 2 is 1.71 bits per heavy atom. The van der Waals surface area contributed by atoms with Gasteiger partial charge in [-0.2, -0.15) is 0 Å². The topological polar surface area (TPSA) is 72.5 Å². The minimum absolute atomic E-state index is 0.283. The summed E-state index contributed by atoms with van der Waals surface area (Å²) in [5, 5.41) is 5.56. The van der Waals surface area contributed by atoms with Crippen molar-refractivity contribution in [3.8, 4) is 17.4 Å². The van der Waals surface area contributed by atoms with Crippen LogP contribution in [0, 0.1) is 5.82 Å². The molecule has 2 N–H and O–H groups in total. The lowest BCUT2D eigenvalue weighted by Crippen LogP contribution is -2.34. The van der Waals surface area contributed by atoms with Crippen LogP contribution in [0.1, 0.15) is 11.1 Å². The molecule has 1 heterocycles. The van der Waals surface area contributed by atoms with Gasteiger partial charge in [0.15, 0.2) is 0 Å². The number of methoxy groups -OCH3 is 1. The van der Waals surface area contributed by atoms with Crippen molar-refractivity contribution in [3.63, 3.8) is 0 Å². The number of urea groups is 1. The van der Waals surface area contributed by atoms with Crippen molar-refractivity contribution in [2.45, 2.75) is 13.1 Å². The first kappa shape index (κ1) is 19.2. The third kappa shape index (κ3) is 5.70. The Morgan fingerprint density at radius 1 is 0.964 bits per heavy atom. The highest BCUT2D eigenvalue weighted by molar-refractivity contribution is 5.73. The number of carbonyl (C=O) groups is 1. The summed E-state index contributed by atoms with van der Waals surface area (Å²) in [6, 6.07) is 16.4. The zero-order chi connectivity index (χ0) is 19.8. The number of nitrogens with one attached hydrogen (secondary N) is 2. The molecule has 0 fully saturated rings. The molecule has 1 aromatic heterocycles. The second kappa shape index (κ2) is 9.36. The summed E-state index contributed by atoms with van der Waals surface area (Å²) in [7, 11) is 1.60. The van der Waals surface area contributed by atoms with Crippen LogP contribution in [0.15, 0.2) is 66.9 Å². The fraction of sp³-hybridized carbons (Fsp3) is 0.143. The number of nitrogens with zero attached hydrogens (tertiary/aromatic N) is 1. The fourth-order valence-electron chi connectivity index (χ4n) is 2.41. The molecule has 0 aliphatic rings. The second-order valence-corrected chi connectivity index (χ2v) is 5.95. The van der Waals surface area contributed by atoms with Gasteiger partial charge in [-0.3, -0.25) is 0 Å². The summed E-state index contributed by atoms with van der Waals surface area (Å²) in [5.41, 5.74) is 1.77. The first-order valence-corrected chi connectivity index (χ1v) is 8.65. The number of rotatable bonds is 7. The Bertz CT molecular complexity index is 915. The third-order valence-electron chi connectivity index (χ3n) is 3.87.